The molecule has 1 amide bonds. The van der Waals surface area contributed by atoms with Gasteiger partial charge in [0, 0.05) is 41.6 Å². The van der Waals surface area contributed by atoms with Crippen LogP contribution in [0.25, 0.3) is 22.3 Å². The van der Waals surface area contributed by atoms with Gasteiger partial charge in [0.15, 0.2) is 5.82 Å². The van der Waals surface area contributed by atoms with Crippen molar-refractivity contribution in [1.82, 2.24) is 20.6 Å². The molecular weight excluding hydrogens is 542 g/mol. The van der Waals surface area contributed by atoms with Gasteiger partial charge in [-0.15, -0.1) is 0 Å². The summed E-state index contributed by atoms with van der Waals surface area (Å²) in [5, 5.41) is 25.2. The molecule has 43 heavy (non-hydrogen) atoms. The number of hydrogen-bond acceptors (Lipinski definition) is 9. The van der Waals surface area contributed by atoms with Gasteiger partial charge in [-0.05, 0) is 80.0 Å². The summed E-state index contributed by atoms with van der Waals surface area (Å²) in [6, 6.07) is 20.5. The Labute approximate surface area is 250 Å². The third kappa shape index (κ3) is 7.10. The van der Waals surface area contributed by atoms with E-state index in [0.29, 0.717) is 63.8 Å². The van der Waals surface area contributed by atoms with E-state index in [2.05, 4.69) is 10.6 Å². The number of benzene rings is 3. The summed E-state index contributed by atoms with van der Waals surface area (Å²) in [5.74, 6) is 2.58. The van der Waals surface area contributed by atoms with E-state index in [4.69, 9.17) is 25.8 Å². The van der Waals surface area contributed by atoms with Crippen molar-refractivity contribution in [1.29, 1.82) is 5.41 Å². The number of nitrogen functional groups attached to an aromatic ring is 1. The number of hydrogen-bond donors (Lipinski definition) is 5. The summed E-state index contributed by atoms with van der Waals surface area (Å²) in [4.78, 5) is 25.0. The number of anilines is 3. The van der Waals surface area contributed by atoms with E-state index in [1.807, 2.05) is 59.5 Å². The number of fused-ring (bicyclic) bond motifs is 1. The third-order valence-corrected chi connectivity index (χ3v) is 7.83. The smallest absolute Gasteiger partial charge is 0.240 e. The molecule has 2 saturated carbocycles. The van der Waals surface area contributed by atoms with E-state index in [9.17, 15) is 9.90 Å². The van der Waals surface area contributed by atoms with Crippen LogP contribution in [0.4, 0.5) is 17.2 Å². The number of para-hydroxylation sites is 2. The van der Waals surface area contributed by atoms with Gasteiger partial charge in [0.25, 0.3) is 0 Å². The van der Waals surface area contributed by atoms with Crippen molar-refractivity contribution in [3.63, 3.8) is 0 Å². The molecule has 6 rings (SSSR count). The molecule has 222 valence electrons. The average molecular weight is 580 g/mol. The molecule has 1 heterocycles. The summed E-state index contributed by atoms with van der Waals surface area (Å²) < 4.78 is 6.06. The van der Waals surface area contributed by atoms with Crippen molar-refractivity contribution in [3.8, 4) is 17.1 Å². The zero-order valence-corrected chi connectivity index (χ0v) is 24.0. The Kier molecular flexibility index (Phi) is 8.48. The molecule has 3 aromatic carbocycles. The van der Waals surface area contributed by atoms with Crippen molar-refractivity contribution in [3.05, 3.63) is 72.3 Å². The first-order valence-corrected chi connectivity index (χ1v) is 14.8. The number of aromatic nitrogens is 2. The zero-order chi connectivity index (χ0) is 29.8. The molecule has 2 fully saturated rings. The summed E-state index contributed by atoms with van der Waals surface area (Å²) in [6.07, 6.45) is 5.08. The van der Waals surface area contributed by atoms with E-state index >= 15 is 0 Å². The molecule has 6 N–H and O–H groups in total. The molecule has 2 aliphatic rings. The molecule has 10 nitrogen and oxygen atoms in total. The number of nitrogens with two attached hydrogens (primary N) is 1. The Hall–Kier alpha value is -4.54. The number of carbonyl (C=O) groups excluding carboxylic acids is 1. The van der Waals surface area contributed by atoms with Crippen LogP contribution in [0.5, 0.6) is 5.75 Å². The van der Waals surface area contributed by atoms with Crippen molar-refractivity contribution >= 4 is 40.2 Å². The second-order valence-electron chi connectivity index (χ2n) is 11.4. The summed E-state index contributed by atoms with van der Waals surface area (Å²) >= 11 is 0. The van der Waals surface area contributed by atoms with E-state index < -0.39 is 6.23 Å². The van der Waals surface area contributed by atoms with Crippen molar-refractivity contribution in [2.45, 2.75) is 31.9 Å². The normalized spacial score (nSPS) is 15.2. The first kappa shape index (κ1) is 28.6. The van der Waals surface area contributed by atoms with E-state index in [1.54, 1.807) is 12.1 Å². The molecule has 10 heteroatoms. The van der Waals surface area contributed by atoms with E-state index in [0.717, 1.165) is 24.8 Å². The highest BCUT2D eigenvalue weighted by Gasteiger charge is 2.25. The van der Waals surface area contributed by atoms with Gasteiger partial charge in [-0.2, -0.15) is 0 Å². The number of aliphatic hydroxyl groups is 1. The van der Waals surface area contributed by atoms with Crippen LogP contribution < -0.4 is 26.0 Å². The minimum absolute atomic E-state index is 0.0194. The van der Waals surface area contributed by atoms with Gasteiger partial charge in [0.1, 0.15) is 30.9 Å². The van der Waals surface area contributed by atoms with Crippen LogP contribution in [-0.2, 0) is 4.79 Å². The Morgan fingerprint density at radius 2 is 1.79 bits per heavy atom. The summed E-state index contributed by atoms with van der Waals surface area (Å²) in [6.45, 7) is 1.53. The van der Waals surface area contributed by atoms with Gasteiger partial charge in [0.2, 0.25) is 5.91 Å². The molecule has 0 radical (unpaired) electrons. The van der Waals surface area contributed by atoms with Crippen molar-refractivity contribution in [2.24, 2.45) is 11.8 Å². The Balaban J connectivity index is 1.38. The Morgan fingerprint density at radius 1 is 1.05 bits per heavy atom. The fraction of sp³-hybridized carbons (Fsp3) is 0.333. The van der Waals surface area contributed by atoms with Crippen LogP contribution in [0.1, 0.15) is 31.2 Å². The highest BCUT2D eigenvalue weighted by atomic mass is 16.5. The van der Waals surface area contributed by atoms with Crippen molar-refractivity contribution in [2.75, 3.05) is 36.9 Å². The molecule has 1 atom stereocenters. The number of aliphatic hydroxyl groups excluding tert-OH is 1. The number of rotatable bonds is 14. The second kappa shape index (κ2) is 12.8. The minimum atomic E-state index is -0.792. The van der Waals surface area contributed by atoms with Gasteiger partial charge in [-0.25, -0.2) is 9.97 Å². The van der Waals surface area contributed by atoms with Gasteiger partial charge in [-0.1, -0.05) is 24.3 Å². The highest BCUT2D eigenvalue weighted by Crippen LogP contribution is 2.36. The molecular formula is C33H37N7O3. The molecule has 4 aromatic rings. The number of carbonyl (C=O) groups is 1. The lowest BCUT2D eigenvalue weighted by molar-refractivity contribution is -0.119. The van der Waals surface area contributed by atoms with Gasteiger partial charge >= 0.3 is 0 Å². The van der Waals surface area contributed by atoms with Crippen LogP contribution in [0.2, 0.25) is 0 Å². The summed E-state index contributed by atoms with van der Waals surface area (Å²) in [5.41, 5.74) is 9.18. The average Bonchev–Trinajstić information content (AvgIpc) is 3.96. The van der Waals surface area contributed by atoms with Crippen LogP contribution in [0, 0.1) is 17.2 Å². The van der Waals surface area contributed by atoms with Gasteiger partial charge in [-0.3, -0.25) is 10.1 Å². The maximum absolute atomic E-state index is 13.2. The molecule has 0 spiro atoms. The molecule has 0 saturated heterocycles. The van der Waals surface area contributed by atoms with Crippen LogP contribution in [0.15, 0.2) is 66.7 Å². The monoisotopic (exact) mass is 579 g/mol. The predicted octanol–water partition coefficient (Wildman–Crippen LogP) is 4.24. The van der Waals surface area contributed by atoms with Crippen LogP contribution in [0.3, 0.4) is 0 Å². The quantitative estimate of drug-likeness (QED) is 0.0846. The minimum Gasteiger partial charge on any atom is -0.489 e. The number of ether oxygens (including phenoxy) is 1. The molecule has 1 unspecified atom stereocenters. The maximum atomic E-state index is 13.2. The lowest BCUT2D eigenvalue weighted by Gasteiger charge is -2.26. The van der Waals surface area contributed by atoms with E-state index in [1.165, 1.54) is 19.1 Å². The fourth-order valence-corrected chi connectivity index (χ4v) is 4.94. The molecule has 1 aromatic heterocycles. The predicted molar refractivity (Wildman–Crippen MR) is 169 cm³/mol. The maximum Gasteiger partial charge on any atom is 0.240 e. The summed E-state index contributed by atoms with van der Waals surface area (Å²) in [7, 11) is 0. The first-order chi connectivity index (χ1) is 21.0. The number of nitrogens with zero attached hydrogens (tertiary/aromatic N) is 3. The van der Waals surface area contributed by atoms with Crippen molar-refractivity contribution < 1.29 is 14.6 Å². The van der Waals surface area contributed by atoms with E-state index in [-0.39, 0.29) is 19.1 Å². The third-order valence-electron chi connectivity index (χ3n) is 7.83. The number of nitrogens with one attached hydrogen (secondary N) is 3. The Morgan fingerprint density at radius 3 is 2.58 bits per heavy atom. The van der Waals surface area contributed by atoms with Gasteiger partial charge in [0.05, 0.1) is 11.1 Å². The first-order valence-electron chi connectivity index (χ1n) is 14.8. The number of amides is 1. The Bertz CT molecular complexity index is 1620. The lowest BCUT2D eigenvalue weighted by atomic mass is 10.1. The van der Waals surface area contributed by atoms with Crippen LogP contribution in [-0.4, -0.2) is 59.7 Å². The molecule has 0 bridgehead atoms. The van der Waals surface area contributed by atoms with Gasteiger partial charge < -0.3 is 31.2 Å². The molecule has 0 aliphatic heterocycles. The highest BCUT2D eigenvalue weighted by molar-refractivity contribution is 5.97. The second-order valence-corrected chi connectivity index (χ2v) is 11.4. The standard InChI is InChI=1S/C33H37N7O3/c34-16-23-15-24(13-14-27(23)35)40(19-30(41)36-17-21-9-10-21)33-25-5-1-3-7-28(25)38-32(39-33)26-6-2-4-8-29(26)43-20-31(42)37-18-22-11-12-22/h1-8,13-16,21-22,31,34,37,42H,9-12,17-20,35H2,(H,36,41). The topological polar surface area (TPSA) is 149 Å². The molecule has 2 aliphatic carbocycles. The van der Waals surface area contributed by atoms with Crippen LogP contribution >= 0.6 is 0 Å². The zero-order valence-electron chi connectivity index (χ0n) is 24.0. The largest absolute Gasteiger partial charge is 0.489 e. The lowest BCUT2D eigenvalue weighted by Crippen LogP contribution is -2.36. The SMILES string of the molecule is N=Cc1cc(N(CC(=O)NCC2CC2)c2nc(-c3ccccc3OCC(O)NCC3CC3)nc3ccccc23)ccc1N. The fourth-order valence-electron chi connectivity index (χ4n) is 4.94.